The first-order chi connectivity index (χ1) is 7.26. The zero-order chi connectivity index (χ0) is 12.1. The Bertz CT molecular complexity index is 138. The van der Waals surface area contributed by atoms with Crippen molar-refractivity contribution < 1.29 is 4.79 Å². The van der Waals surface area contributed by atoms with Gasteiger partial charge in [0.15, 0.2) is 0 Å². The fourth-order valence-electron chi connectivity index (χ4n) is 1.25. The molecule has 0 spiro atoms. The lowest BCUT2D eigenvalue weighted by atomic mass is 10.3. The van der Waals surface area contributed by atoms with E-state index in [2.05, 4.69) is 12.2 Å². The van der Waals surface area contributed by atoms with Crippen molar-refractivity contribution in [1.29, 1.82) is 0 Å². The zero-order valence-corrected chi connectivity index (χ0v) is 11.1. The Morgan fingerprint density at radius 3 is 2.20 bits per heavy atom. The molecule has 0 heterocycles. The molecule has 0 aliphatic carbocycles. The molecule has 15 heavy (non-hydrogen) atoms. The summed E-state index contributed by atoms with van der Waals surface area (Å²) in [6, 6.07) is 0. The minimum Gasteiger partial charge on any atom is -0.343 e. The summed E-state index contributed by atoms with van der Waals surface area (Å²) < 4.78 is 0. The number of rotatable bonds is 7. The van der Waals surface area contributed by atoms with E-state index in [1.165, 1.54) is 0 Å². The van der Waals surface area contributed by atoms with Crippen molar-refractivity contribution in [2.75, 3.05) is 26.2 Å². The van der Waals surface area contributed by atoms with Crippen molar-refractivity contribution in [3.8, 4) is 0 Å². The minimum absolute atomic E-state index is 0.263. The molecule has 0 aromatic carbocycles. The van der Waals surface area contributed by atoms with Crippen LogP contribution >= 0.6 is 0 Å². The number of hydrogen-bond acceptors (Lipinski definition) is 2. The molecule has 0 aliphatic rings. The molecule has 0 aromatic rings. The molecule has 92 valence electrons. The molecule has 0 rings (SSSR count). The van der Waals surface area contributed by atoms with E-state index in [1.807, 2.05) is 32.6 Å². The highest BCUT2D eigenvalue weighted by molar-refractivity contribution is 5.75. The molecule has 3 nitrogen and oxygen atoms in total. The lowest BCUT2D eigenvalue weighted by Crippen LogP contribution is -2.32. The maximum atomic E-state index is 11.3. The van der Waals surface area contributed by atoms with Crippen LogP contribution in [0.3, 0.4) is 0 Å². The number of amides is 1. The Morgan fingerprint density at radius 2 is 1.80 bits per heavy atom. The average Bonchev–Trinajstić information content (AvgIpc) is 2.31. The van der Waals surface area contributed by atoms with Crippen LogP contribution in [0.5, 0.6) is 0 Å². The van der Waals surface area contributed by atoms with Gasteiger partial charge in [0.05, 0.1) is 0 Å². The van der Waals surface area contributed by atoms with Crippen molar-refractivity contribution in [3.63, 3.8) is 0 Å². The van der Waals surface area contributed by atoms with Crippen molar-refractivity contribution in [2.24, 2.45) is 0 Å². The van der Waals surface area contributed by atoms with Gasteiger partial charge in [-0.25, -0.2) is 0 Å². The van der Waals surface area contributed by atoms with Gasteiger partial charge in [-0.15, -0.1) is 0 Å². The number of carbonyl (C=O) groups excluding carboxylic acids is 1. The Kier molecular flexibility index (Phi) is 15.1. The van der Waals surface area contributed by atoms with Gasteiger partial charge in [0.25, 0.3) is 0 Å². The maximum absolute atomic E-state index is 11.3. The maximum Gasteiger partial charge on any atom is 0.222 e. The molecule has 1 N–H and O–H groups in total. The molecule has 0 radical (unpaired) electrons. The van der Waals surface area contributed by atoms with E-state index in [1.54, 1.807) is 0 Å². The van der Waals surface area contributed by atoms with E-state index >= 15 is 0 Å². The fourth-order valence-corrected chi connectivity index (χ4v) is 1.25. The third kappa shape index (κ3) is 9.73. The van der Waals surface area contributed by atoms with Crippen LogP contribution in [0.1, 0.15) is 47.5 Å². The molecular weight excluding hydrogens is 188 g/mol. The quantitative estimate of drug-likeness (QED) is 0.662. The number of nitrogens with zero attached hydrogens (tertiary/aromatic N) is 1. The van der Waals surface area contributed by atoms with Gasteiger partial charge >= 0.3 is 0 Å². The molecule has 0 bridgehead atoms. The predicted molar refractivity (Wildman–Crippen MR) is 67.1 cm³/mol. The average molecular weight is 216 g/mol. The lowest BCUT2D eigenvalue weighted by Gasteiger charge is -2.19. The van der Waals surface area contributed by atoms with Crippen molar-refractivity contribution in [1.82, 2.24) is 10.2 Å². The van der Waals surface area contributed by atoms with Gasteiger partial charge in [0, 0.05) is 19.5 Å². The summed E-state index contributed by atoms with van der Waals surface area (Å²) in [5.74, 6) is 0.263. The summed E-state index contributed by atoms with van der Waals surface area (Å²) in [6.07, 6.45) is 1.67. The molecule has 0 saturated heterocycles. The molecule has 0 saturated carbocycles. The van der Waals surface area contributed by atoms with Gasteiger partial charge in [-0.1, -0.05) is 27.7 Å². The molecule has 3 heteroatoms. The van der Waals surface area contributed by atoms with Crippen LogP contribution in [0.4, 0.5) is 0 Å². The highest BCUT2D eigenvalue weighted by Gasteiger charge is 2.07. The molecular formula is C12H28N2O. The monoisotopic (exact) mass is 216 g/mol. The topological polar surface area (TPSA) is 32.3 Å². The summed E-state index contributed by atoms with van der Waals surface area (Å²) in [4.78, 5) is 13.2. The third-order valence-electron chi connectivity index (χ3n) is 2.07. The Hall–Kier alpha value is -0.570. The van der Waals surface area contributed by atoms with Crippen molar-refractivity contribution in [3.05, 3.63) is 0 Å². The van der Waals surface area contributed by atoms with Crippen LogP contribution in [0.15, 0.2) is 0 Å². The largest absolute Gasteiger partial charge is 0.343 e. The standard InChI is InChI=1S/C10H22N2O.C2H6/c1-4-10(13)12(6-3)9-7-8-11-5-2;1-2/h11H,4-9H2,1-3H3;1-2H3. The molecule has 0 aromatic heterocycles. The van der Waals surface area contributed by atoms with Crippen molar-refractivity contribution >= 4 is 5.91 Å². The van der Waals surface area contributed by atoms with E-state index in [0.717, 1.165) is 32.6 Å². The molecule has 0 unspecified atom stereocenters. The number of hydrogen-bond donors (Lipinski definition) is 1. The molecule has 0 fully saturated rings. The van der Waals surface area contributed by atoms with E-state index < -0.39 is 0 Å². The Balaban J connectivity index is 0. The lowest BCUT2D eigenvalue weighted by molar-refractivity contribution is -0.130. The van der Waals surface area contributed by atoms with Crippen LogP contribution in [-0.2, 0) is 4.79 Å². The van der Waals surface area contributed by atoms with Gasteiger partial charge in [0.2, 0.25) is 5.91 Å². The van der Waals surface area contributed by atoms with Crippen LogP contribution in [0.25, 0.3) is 0 Å². The first-order valence-corrected chi connectivity index (χ1v) is 6.24. The summed E-state index contributed by atoms with van der Waals surface area (Å²) in [7, 11) is 0. The molecule has 0 atom stereocenters. The first-order valence-electron chi connectivity index (χ1n) is 6.24. The highest BCUT2D eigenvalue weighted by atomic mass is 16.2. The third-order valence-corrected chi connectivity index (χ3v) is 2.07. The zero-order valence-electron chi connectivity index (χ0n) is 11.1. The second-order valence-corrected chi connectivity index (χ2v) is 3.03. The smallest absolute Gasteiger partial charge is 0.222 e. The van der Waals surface area contributed by atoms with Crippen LogP contribution < -0.4 is 5.32 Å². The Morgan fingerprint density at radius 1 is 1.20 bits per heavy atom. The summed E-state index contributed by atoms with van der Waals surface area (Å²) >= 11 is 0. The van der Waals surface area contributed by atoms with Crippen molar-refractivity contribution in [2.45, 2.75) is 47.5 Å². The molecule has 1 amide bonds. The normalized spacial score (nSPS) is 9.13. The summed E-state index contributed by atoms with van der Waals surface area (Å²) in [5, 5.41) is 3.25. The van der Waals surface area contributed by atoms with E-state index in [0.29, 0.717) is 6.42 Å². The second kappa shape index (κ2) is 13.4. The second-order valence-electron chi connectivity index (χ2n) is 3.03. The van der Waals surface area contributed by atoms with Crippen LogP contribution in [0, 0.1) is 0 Å². The summed E-state index contributed by atoms with van der Waals surface area (Å²) in [6.45, 7) is 13.8. The van der Waals surface area contributed by atoms with Gasteiger partial charge in [0.1, 0.15) is 0 Å². The fraction of sp³-hybridized carbons (Fsp3) is 0.917. The number of carbonyl (C=O) groups is 1. The highest BCUT2D eigenvalue weighted by Crippen LogP contribution is 1.94. The SMILES string of the molecule is CC.CCNCCCN(CC)C(=O)CC. The van der Waals surface area contributed by atoms with Gasteiger partial charge in [-0.05, 0) is 26.4 Å². The van der Waals surface area contributed by atoms with E-state index in [4.69, 9.17) is 0 Å². The number of nitrogens with one attached hydrogen (secondary N) is 1. The molecule has 0 aliphatic heterocycles. The van der Waals surface area contributed by atoms with Crippen LogP contribution in [-0.4, -0.2) is 37.0 Å². The van der Waals surface area contributed by atoms with Gasteiger partial charge < -0.3 is 10.2 Å². The Labute approximate surface area is 95.2 Å². The summed E-state index contributed by atoms with van der Waals surface area (Å²) in [5.41, 5.74) is 0. The predicted octanol–water partition coefficient (Wildman–Crippen LogP) is 2.27. The van der Waals surface area contributed by atoms with Gasteiger partial charge in [-0.3, -0.25) is 4.79 Å². The van der Waals surface area contributed by atoms with Gasteiger partial charge in [-0.2, -0.15) is 0 Å². The van der Waals surface area contributed by atoms with Crippen LogP contribution in [0.2, 0.25) is 0 Å². The van der Waals surface area contributed by atoms with E-state index in [9.17, 15) is 4.79 Å². The minimum atomic E-state index is 0.263. The van der Waals surface area contributed by atoms with E-state index in [-0.39, 0.29) is 5.91 Å². The first kappa shape index (κ1) is 16.8.